The molecule has 24 heavy (non-hydrogen) atoms. The minimum Gasteiger partial charge on any atom is -0.367 e. The molecule has 0 amide bonds. The number of aryl methyl sites for hydroxylation is 1. The second-order valence-electron chi connectivity index (χ2n) is 5.87. The van der Waals surface area contributed by atoms with Gasteiger partial charge < -0.3 is 9.88 Å². The highest BCUT2D eigenvalue weighted by atomic mass is 16.1. The van der Waals surface area contributed by atoms with E-state index in [1.165, 1.54) is 10.9 Å². The Balaban J connectivity index is 1.92. The van der Waals surface area contributed by atoms with Crippen molar-refractivity contribution in [3.8, 4) is 17.3 Å². The van der Waals surface area contributed by atoms with Crippen LogP contribution in [0, 0.1) is 11.3 Å². The van der Waals surface area contributed by atoms with Crippen molar-refractivity contribution in [2.75, 3.05) is 5.32 Å². The maximum absolute atomic E-state index is 12.5. The molecule has 0 unspecified atom stereocenters. The van der Waals surface area contributed by atoms with Crippen molar-refractivity contribution in [3.05, 3.63) is 46.8 Å². The van der Waals surface area contributed by atoms with Crippen LogP contribution in [-0.2, 0) is 7.05 Å². The molecule has 1 aliphatic rings. The number of pyridine rings is 2. The molecule has 7 nitrogen and oxygen atoms in total. The van der Waals surface area contributed by atoms with Gasteiger partial charge in [0.05, 0.1) is 17.5 Å². The van der Waals surface area contributed by atoms with Gasteiger partial charge in [0, 0.05) is 24.8 Å². The molecule has 0 spiro atoms. The van der Waals surface area contributed by atoms with E-state index in [4.69, 9.17) is 5.26 Å². The summed E-state index contributed by atoms with van der Waals surface area (Å²) >= 11 is 0. The number of nitrogens with one attached hydrogen (secondary N) is 1. The van der Waals surface area contributed by atoms with Crippen molar-refractivity contribution >= 4 is 16.7 Å². The van der Waals surface area contributed by atoms with E-state index in [1.807, 2.05) is 6.07 Å². The minimum atomic E-state index is -0.125. The summed E-state index contributed by atoms with van der Waals surface area (Å²) in [6.07, 6.45) is 5.26. The first-order valence-electron chi connectivity index (χ1n) is 7.65. The number of aromatic nitrogens is 4. The molecule has 0 saturated heterocycles. The van der Waals surface area contributed by atoms with E-state index in [0.29, 0.717) is 34.2 Å². The van der Waals surface area contributed by atoms with Gasteiger partial charge in [-0.05, 0) is 31.0 Å². The van der Waals surface area contributed by atoms with Crippen molar-refractivity contribution in [1.29, 1.82) is 5.26 Å². The Morgan fingerprint density at radius 3 is 2.83 bits per heavy atom. The van der Waals surface area contributed by atoms with Crippen molar-refractivity contribution in [1.82, 2.24) is 19.5 Å². The number of rotatable bonds is 3. The Hall–Kier alpha value is -3.27. The third kappa shape index (κ3) is 2.48. The zero-order chi connectivity index (χ0) is 16.7. The Morgan fingerprint density at radius 1 is 1.33 bits per heavy atom. The van der Waals surface area contributed by atoms with Crippen molar-refractivity contribution < 1.29 is 0 Å². The number of nitriles is 1. The van der Waals surface area contributed by atoms with E-state index in [9.17, 15) is 4.79 Å². The molecule has 118 valence electrons. The molecular formula is C17H14N6O. The van der Waals surface area contributed by atoms with Gasteiger partial charge in [0.25, 0.3) is 5.56 Å². The molecule has 1 aliphatic carbocycles. The van der Waals surface area contributed by atoms with E-state index >= 15 is 0 Å². The second-order valence-corrected chi connectivity index (χ2v) is 5.87. The average Bonchev–Trinajstić information content (AvgIpc) is 3.42. The Kier molecular flexibility index (Phi) is 3.24. The van der Waals surface area contributed by atoms with Crippen LogP contribution < -0.4 is 10.9 Å². The topological polar surface area (TPSA) is 96.5 Å². The van der Waals surface area contributed by atoms with Crippen LogP contribution in [0.3, 0.4) is 0 Å². The molecule has 3 aromatic heterocycles. The lowest BCUT2D eigenvalue weighted by atomic mass is 10.1. The highest BCUT2D eigenvalue weighted by molar-refractivity contribution is 5.91. The molecule has 0 aliphatic heterocycles. The SMILES string of the molecule is Cn1cnc2cc(-c3ccc(C#N)nc3)nc(NC3CC3)c2c1=O. The molecule has 1 saturated carbocycles. The molecule has 0 aromatic carbocycles. The van der Waals surface area contributed by atoms with Crippen LogP contribution in [0.15, 0.2) is 35.5 Å². The standard InChI is InChI=1S/C17H14N6O/c1-23-9-20-14-6-13(10-2-3-12(7-18)19-8-10)22-16(15(14)17(23)24)21-11-4-5-11/h2-3,6,8-9,11H,4-5H2,1H3,(H,21,22). The van der Waals surface area contributed by atoms with E-state index in [-0.39, 0.29) is 5.56 Å². The van der Waals surface area contributed by atoms with Crippen molar-refractivity contribution in [2.45, 2.75) is 18.9 Å². The fourth-order valence-electron chi connectivity index (χ4n) is 2.51. The van der Waals surface area contributed by atoms with Crippen LogP contribution in [0.4, 0.5) is 5.82 Å². The molecule has 3 aromatic rings. The first kappa shape index (κ1) is 14.3. The van der Waals surface area contributed by atoms with Crippen LogP contribution in [0.5, 0.6) is 0 Å². The minimum absolute atomic E-state index is 0.125. The van der Waals surface area contributed by atoms with Crippen LogP contribution in [0.1, 0.15) is 18.5 Å². The van der Waals surface area contributed by atoms with Gasteiger partial charge >= 0.3 is 0 Å². The number of hydrogen-bond acceptors (Lipinski definition) is 6. The number of fused-ring (bicyclic) bond motifs is 1. The monoisotopic (exact) mass is 318 g/mol. The first-order valence-corrected chi connectivity index (χ1v) is 7.65. The summed E-state index contributed by atoms with van der Waals surface area (Å²) < 4.78 is 1.45. The van der Waals surface area contributed by atoms with Crippen molar-refractivity contribution in [3.63, 3.8) is 0 Å². The normalized spacial score (nSPS) is 13.7. The molecule has 3 heterocycles. The maximum Gasteiger partial charge on any atom is 0.264 e. The third-order valence-electron chi connectivity index (χ3n) is 3.99. The van der Waals surface area contributed by atoms with Crippen LogP contribution in [0.2, 0.25) is 0 Å². The van der Waals surface area contributed by atoms with Gasteiger partial charge in [-0.1, -0.05) is 0 Å². The van der Waals surface area contributed by atoms with Gasteiger partial charge in [0.1, 0.15) is 23.0 Å². The predicted molar refractivity (Wildman–Crippen MR) is 89.4 cm³/mol. The molecule has 0 atom stereocenters. The maximum atomic E-state index is 12.5. The van der Waals surface area contributed by atoms with Gasteiger partial charge in [-0.3, -0.25) is 4.79 Å². The summed E-state index contributed by atoms with van der Waals surface area (Å²) in [6.45, 7) is 0. The lowest BCUT2D eigenvalue weighted by molar-refractivity contribution is 0.842. The van der Waals surface area contributed by atoms with Gasteiger partial charge in [-0.15, -0.1) is 0 Å². The summed E-state index contributed by atoms with van der Waals surface area (Å²) in [4.78, 5) is 25.5. The van der Waals surface area contributed by atoms with Gasteiger partial charge in [0.2, 0.25) is 0 Å². The predicted octanol–water partition coefficient (Wildman–Crippen LogP) is 1.84. The van der Waals surface area contributed by atoms with Gasteiger partial charge in [-0.25, -0.2) is 15.0 Å². The molecule has 0 bridgehead atoms. The molecule has 1 N–H and O–H groups in total. The zero-order valence-corrected chi connectivity index (χ0v) is 13.0. The number of hydrogen-bond donors (Lipinski definition) is 1. The Morgan fingerprint density at radius 2 is 2.17 bits per heavy atom. The smallest absolute Gasteiger partial charge is 0.264 e. The van der Waals surface area contributed by atoms with Gasteiger partial charge in [-0.2, -0.15) is 5.26 Å². The quantitative estimate of drug-likeness (QED) is 0.791. The van der Waals surface area contributed by atoms with E-state index in [2.05, 4.69) is 20.3 Å². The highest BCUT2D eigenvalue weighted by Gasteiger charge is 2.24. The molecule has 7 heteroatoms. The van der Waals surface area contributed by atoms with Gasteiger partial charge in [0.15, 0.2) is 0 Å². The Labute approximate surface area is 137 Å². The fraction of sp³-hybridized carbons (Fsp3) is 0.235. The summed E-state index contributed by atoms with van der Waals surface area (Å²) in [6, 6.07) is 7.57. The zero-order valence-electron chi connectivity index (χ0n) is 13.0. The summed E-state index contributed by atoms with van der Waals surface area (Å²) in [5.74, 6) is 0.558. The first-order chi connectivity index (χ1) is 11.7. The summed E-state index contributed by atoms with van der Waals surface area (Å²) in [7, 11) is 1.67. The molecule has 1 fully saturated rings. The van der Waals surface area contributed by atoms with Crippen LogP contribution >= 0.6 is 0 Å². The van der Waals surface area contributed by atoms with E-state index in [0.717, 1.165) is 18.4 Å². The summed E-state index contributed by atoms with van der Waals surface area (Å²) in [5, 5.41) is 12.7. The molecule has 4 rings (SSSR count). The molecule has 0 radical (unpaired) electrons. The van der Waals surface area contributed by atoms with Crippen LogP contribution in [-0.4, -0.2) is 25.6 Å². The largest absolute Gasteiger partial charge is 0.367 e. The Bertz CT molecular complexity index is 1030. The summed E-state index contributed by atoms with van der Waals surface area (Å²) in [5.41, 5.74) is 2.26. The average molecular weight is 318 g/mol. The highest BCUT2D eigenvalue weighted by Crippen LogP contribution is 2.29. The second kappa shape index (κ2) is 5.42. The van der Waals surface area contributed by atoms with Crippen molar-refractivity contribution in [2.24, 2.45) is 7.05 Å². The lowest BCUT2D eigenvalue weighted by Gasteiger charge is -2.11. The fourth-order valence-corrected chi connectivity index (χ4v) is 2.51. The number of nitrogens with zero attached hydrogens (tertiary/aromatic N) is 5. The molecular weight excluding hydrogens is 304 g/mol. The van der Waals surface area contributed by atoms with E-state index < -0.39 is 0 Å². The van der Waals surface area contributed by atoms with Crippen LogP contribution in [0.25, 0.3) is 22.2 Å². The third-order valence-corrected chi connectivity index (χ3v) is 3.99. The van der Waals surface area contributed by atoms with E-state index in [1.54, 1.807) is 31.4 Å². The number of anilines is 1. The lowest BCUT2D eigenvalue weighted by Crippen LogP contribution is -2.19.